The summed E-state index contributed by atoms with van der Waals surface area (Å²) in [6.07, 6.45) is 5.21. The molecule has 0 N–H and O–H groups in total. The molecule has 5 nitrogen and oxygen atoms in total. The molecule has 27 heavy (non-hydrogen) atoms. The third-order valence-corrected chi connectivity index (χ3v) is 6.90. The summed E-state index contributed by atoms with van der Waals surface area (Å²) in [6, 6.07) is 15.7. The van der Waals surface area contributed by atoms with Crippen molar-refractivity contribution in [3.63, 3.8) is 0 Å². The van der Waals surface area contributed by atoms with Gasteiger partial charge in [-0.05, 0) is 54.2 Å². The summed E-state index contributed by atoms with van der Waals surface area (Å²) in [7, 11) is -3.59. The molecule has 2 aromatic carbocycles. The zero-order valence-corrected chi connectivity index (χ0v) is 16.0. The van der Waals surface area contributed by atoms with Gasteiger partial charge < -0.3 is 9.64 Å². The Morgan fingerprint density at radius 3 is 2.07 bits per heavy atom. The average molecular weight is 385 g/mol. The summed E-state index contributed by atoms with van der Waals surface area (Å²) in [5.74, 6) is 2.11. The van der Waals surface area contributed by atoms with Crippen LogP contribution in [0, 0.1) is 0 Å². The van der Waals surface area contributed by atoms with Crippen LogP contribution in [0.2, 0.25) is 0 Å². The Kier molecular flexibility index (Phi) is 4.91. The molecule has 2 aliphatic rings. The Balaban J connectivity index is 1.37. The van der Waals surface area contributed by atoms with Gasteiger partial charge >= 0.3 is 5.24 Å². The second kappa shape index (κ2) is 7.35. The number of sulfone groups is 1. The Morgan fingerprint density at radius 2 is 1.52 bits per heavy atom. The van der Waals surface area contributed by atoms with E-state index in [-0.39, 0.29) is 12.3 Å². The van der Waals surface area contributed by atoms with Crippen molar-refractivity contribution in [3.05, 3.63) is 59.7 Å². The molecule has 2 aromatic rings. The highest BCUT2D eigenvalue weighted by molar-refractivity contribution is 8.06. The van der Waals surface area contributed by atoms with Gasteiger partial charge in [0.15, 0.2) is 0 Å². The monoisotopic (exact) mass is 385 g/mol. The van der Waals surface area contributed by atoms with Crippen LogP contribution < -0.4 is 4.74 Å². The highest BCUT2D eigenvalue weighted by atomic mass is 32.2. The number of hydrogen-bond acceptors (Lipinski definition) is 4. The van der Waals surface area contributed by atoms with Crippen molar-refractivity contribution in [1.82, 2.24) is 4.90 Å². The van der Waals surface area contributed by atoms with E-state index in [4.69, 9.17) is 4.74 Å². The summed E-state index contributed by atoms with van der Waals surface area (Å²) < 4.78 is 28.9. The lowest BCUT2D eigenvalue weighted by Crippen LogP contribution is -2.25. The standard InChI is InChI=1S/C21H23NO4S/c23-21-22(13-14-27(21,24)25)15-16-5-9-19(10-6-16)26-20-11-7-18(8-12-20)17-3-1-2-4-17/h5-12,17H,1-4,13-15H2. The van der Waals surface area contributed by atoms with Crippen LogP contribution in [0.1, 0.15) is 42.7 Å². The van der Waals surface area contributed by atoms with Crippen LogP contribution in [0.3, 0.4) is 0 Å². The van der Waals surface area contributed by atoms with Gasteiger partial charge in [-0.2, -0.15) is 0 Å². The summed E-state index contributed by atoms with van der Waals surface area (Å²) in [5, 5.41) is -0.773. The molecule has 0 atom stereocenters. The molecule has 0 aromatic heterocycles. The quantitative estimate of drug-likeness (QED) is 0.761. The van der Waals surface area contributed by atoms with Crippen molar-refractivity contribution in [2.45, 2.75) is 38.1 Å². The molecule has 0 unspecified atom stereocenters. The smallest absolute Gasteiger partial charge is 0.339 e. The maximum Gasteiger partial charge on any atom is 0.339 e. The largest absolute Gasteiger partial charge is 0.457 e. The molecule has 1 saturated carbocycles. The van der Waals surface area contributed by atoms with Crippen LogP contribution in [0.4, 0.5) is 4.79 Å². The van der Waals surface area contributed by atoms with Gasteiger partial charge in [-0.1, -0.05) is 37.1 Å². The van der Waals surface area contributed by atoms with Gasteiger partial charge in [-0.15, -0.1) is 0 Å². The predicted molar refractivity (Wildman–Crippen MR) is 104 cm³/mol. The van der Waals surface area contributed by atoms with E-state index in [1.54, 1.807) is 0 Å². The molecule has 1 amide bonds. The molecule has 4 rings (SSSR count). The lowest BCUT2D eigenvalue weighted by atomic mass is 9.98. The van der Waals surface area contributed by atoms with Crippen LogP contribution in [0.15, 0.2) is 48.5 Å². The first-order valence-electron chi connectivity index (χ1n) is 9.40. The molecule has 142 valence electrons. The SMILES string of the molecule is O=C1N(Cc2ccc(Oc3ccc(C4CCCC4)cc3)cc2)CCS1(=O)=O. The van der Waals surface area contributed by atoms with E-state index in [9.17, 15) is 13.2 Å². The lowest BCUT2D eigenvalue weighted by Gasteiger charge is -2.14. The Bertz CT molecular complexity index is 914. The first-order chi connectivity index (χ1) is 13.0. The van der Waals surface area contributed by atoms with E-state index in [2.05, 4.69) is 12.1 Å². The molecular weight excluding hydrogens is 362 g/mol. The van der Waals surface area contributed by atoms with Gasteiger partial charge in [0.25, 0.3) is 0 Å². The predicted octanol–water partition coefficient (Wildman–Crippen LogP) is 4.49. The fourth-order valence-corrected chi connectivity index (χ4v) is 5.02. The minimum absolute atomic E-state index is 0.0934. The molecule has 2 fully saturated rings. The molecule has 0 bridgehead atoms. The molecule has 1 aliphatic carbocycles. The van der Waals surface area contributed by atoms with E-state index >= 15 is 0 Å². The normalized spacial score (nSPS) is 19.6. The van der Waals surface area contributed by atoms with Gasteiger partial charge in [-0.25, -0.2) is 8.42 Å². The summed E-state index contributed by atoms with van der Waals surface area (Å²) in [4.78, 5) is 13.1. The third kappa shape index (κ3) is 4.00. The molecule has 0 radical (unpaired) electrons. The van der Waals surface area contributed by atoms with Gasteiger partial charge in [0.1, 0.15) is 11.5 Å². The van der Waals surface area contributed by atoms with Gasteiger partial charge in [0.05, 0.1) is 5.75 Å². The van der Waals surface area contributed by atoms with Gasteiger partial charge in [-0.3, -0.25) is 4.79 Å². The van der Waals surface area contributed by atoms with E-state index < -0.39 is 15.1 Å². The molecule has 6 heteroatoms. The molecular formula is C21H23NO4S. The Morgan fingerprint density at radius 1 is 0.926 bits per heavy atom. The summed E-state index contributed by atoms with van der Waals surface area (Å²) >= 11 is 0. The fourth-order valence-electron chi connectivity index (χ4n) is 3.84. The number of ether oxygens (including phenoxy) is 1. The fraction of sp³-hybridized carbons (Fsp3) is 0.381. The third-order valence-electron chi connectivity index (χ3n) is 5.39. The molecule has 1 saturated heterocycles. The van der Waals surface area contributed by atoms with E-state index in [1.807, 2.05) is 36.4 Å². The van der Waals surface area contributed by atoms with Crippen LogP contribution in [-0.2, 0) is 16.4 Å². The summed E-state index contributed by atoms with van der Waals surface area (Å²) in [5.41, 5.74) is 2.27. The van der Waals surface area contributed by atoms with Crippen LogP contribution >= 0.6 is 0 Å². The van der Waals surface area contributed by atoms with Gasteiger partial charge in [0.2, 0.25) is 9.84 Å². The zero-order chi connectivity index (χ0) is 18.9. The van der Waals surface area contributed by atoms with Crippen molar-refractivity contribution in [2.24, 2.45) is 0 Å². The number of carbonyl (C=O) groups is 1. The van der Waals surface area contributed by atoms with Crippen molar-refractivity contribution in [1.29, 1.82) is 0 Å². The van der Waals surface area contributed by atoms with Crippen molar-refractivity contribution in [3.8, 4) is 11.5 Å². The van der Waals surface area contributed by atoms with Gasteiger partial charge in [0, 0.05) is 13.1 Å². The summed E-state index contributed by atoms with van der Waals surface area (Å²) in [6.45, 7) is 0.557. The lowest BCUT2D eigenvalue weighted by molar-refractivity contribution is 0.226. The topological polar surface area (TPSA) is 63.7 Å². The van der Waals surface area contributed by atoms with Crippen molar-refractivity contribution in [2.75, 3.05) is 12.3 Å². The van der Waals surface area contributed by atoms with E-state index in [1.165, 1.54) is 36.1 Å². The number of rotatable bonds is 5. The number of nitrogens with zero attached hydrogens (tertiary/aromatic N) is 1. The van der Waals surface area contributed by atoms with Crippen LogP contribution in [0.5, 0.6) is 11.5 Å². The van der Waals surface area contributed by atoms with E-state index in [0.717, 1.165) is 11.3 Å². The Labute approximate surface area is 159 Å². The minimum atomic E-state index is -3.59. The second-order valence-electron chi connectivity index (χ2n) is 7.30. The highest BCUT2D eigenvalue weighted by Gasteiger charge is 2.35. The molecule has 1 heterocycles. The van der Waals surface area contributed by atoms with Crippen molar-refractivity contribution < 1.29 is 17.9 Å². The van der Waals surface area contributed by atoms with Crippen LogP contribution in [-0.4, -0.2) is 30.9 Å². The van der Waals surface area contributed by atoms with E-state index in [0.29, 0.717) is 18.2 Å². The van der Waals surface area contributed by atoms with Crippen molar-refractivity contribution >= 4 is 15.1 Å². The maximum absolute atomic E-state index is 11.8. The second-order valence-corrected chi connectivity index (χ2v) is 9.29. The van der Waals surface area contributed by atoms with Crippen LogP contribution in [0.25, 0.3) is 0 Å². The zero-order valence-electron chi connectivity index (χ0n) is 15.1. The number of carbonyl (C=O) groups excluding carboxylic acids is 1. The Hall–Kier alpha value is -2.34. The number of benzene rings is 2. The average Bonchev–Trinajstić information content (AvgIpc) is 3.29. The highest BCUT2D eigenvalue weighted by Crippen LogP contribution is 2.35. The number of amides is 1. The first kappa shape index (κ1) is 18.0. The first-order valence-corrected chi connectivity index (χ1v) is 11.0. The number of hydrogen-bond donors (Lipinski definition) is 0. The molecule has 1 aliphatic heterocycles. The molecule has 0 spiro atoms. The minimum Gasteiger partial charge on any atom is -0.457 e. The maximum atomic E-state index is 11.8.